The van der Waals surface area contributed by atoms with Gasteiger partial charge >= 0.3 is 0 Å². The van der Waals surface area contributed by atoms with Crippen LogP contribution in [-0.4, -0.2) is 29.7 Å². The van der Waals surface area contributed by atoms with E-state index in [9.17, 15) is 4.39 Å². The molecule has 1 saturated heterocycles. The van der Waals surface area contributed by atoms with Crippen LogP contribution in [0.15, 0.2) is 76.6 Å². The average Bonchev–Trinajstić information content (AvgIpc) is 2.75. The third-order valence-corrected chi connectivity index (χ3v) is 6.36. The van der Waals surface area contributed by atoms with Crippen LogP contribution in [0.3, 0.4) is 0 Å². The van der Waals surface area contributed by atoms with Gasteiger partial charge in [0.05, 0.1) is 11.4 Å². The number of hydrogen-bond acceptors (Lipinski definition) is 7. The summed E-state index contributed by atoms with van der Waals surface area (Å²) >= 11 is 1.65. The number of rotatable bonds is 7. The van der Waals surface area contributed by atoms with Crippen molar-refractivity contribution in [1.29, 1.82) is 0 Å². The van der Waals surface area contributed by atoms with Crippen molar-refractivity contribution in [2.45, 2.75) is 19.8 Å². The van der Waals surface area contributed by atoms with E-state index < -0.39 is 0 Å². The number of aliphatic imine (C=N–C) groups is 1. The molecule has 1 aliphatic carbocycles. The van der Waals surface area contributed by atoms with Gasteiger partial charge in [0.1, 0.15) is 10.8 Å². The lowest BCUT2D eigenvalue weighted by atomic mass is 9.67. The Kier molecular flexibility index (Phi) is 7.36. The summed E-state index contributed by atoms with van der Waals surface area (Å²) in [6.45, 7) is 8.71. The second kappa shape index (κ2) is 9.97. The molecule has 6 nitrogen and oxygen atoms in total. The third-order valence-electron chi connectivity index (χ3n) is 5.34. The summed E-state index contributed by atoms with van der Waals surface area (Å²) in [6.07, 6.45) is 9.16. The molecule has 1 unspecified atom stereocenters. The van der Waals surface area contributed by atoms with E-state index in [-0.39, 0.29) is 11.2 Å². The maximum Gasteiger partial charge on any atom is 0.123 e. The molecule has 0 radical (unpaired) electrons. The fourth-order valence-corrected chi connectivity index (χ4v) is 4.90. The van der Waals surface area contributed by atoms with Crippen molar-refractivity contribution in [2.75, 3.05) is 19.6 Å². The quantitative estimate of drug-likeness (QED) is 0.230. The molecule has 1 atom stereocenters. The summed E-state index contributed by atoms with van der Waals surface area (Å²) in [5.74, 6) is 5.19. The topological polar surface area (TPSA) is 91.7 Å². The minimum atomic E-state index is -0.276. The van der Waals surface area contributed by atoms with E-state index in [0.29, 0.717) is 5.69 Å². The molecule has 1 heterocycles. The van der Waals surface area contributed by atoms with Crippen molar-refractivity contribution in [3.8, 4) is 0 Å². The summed E-state index contributed by atoms with van der Waals surface area (Å²) in [5, 5.41) is 4.28. The van der Waals surface area contributed by atoms with Crippen LogP contribution >= 0.6 is 11.9 Å². The lowest BCUT2D eigenvalue weighted by Gasteiger charge is -2.45. The molecule has 8 heteroatoms. The monoisotopic (exact) mass is 428 g/mol. The zero-order valence-electron chi connectivity index (χ0n) is 17.2. The number of nitrogens with two attached hydrogens (primary N) is 2. The molecule has 0 amide bonds. The number of nitrogens with zero attached hydrogens (tertiary/aromatic N) is 2. The van der Waals surface area contributed by atoms with Crippen molar-refractivity contribution in [3.63, 3.8) is 0 Å². The van der Waals surface area contributed by atoms with E-state index in [1.54, 1.807) is 36.5 Å². The summed E-state index contributed by atoms with van der Waals surface area (Å²) in [4.78, 5) is 4.71. The first-order valence-corrected chi connectivity index (χ1v) is 10.7. The van der Waals surface area contributed by atoms with Gasteiger partial charge in [-0.25, -0.2) is 13.7 Å². The maximum absolute atomic E-state index is 13.2. The van der Waals surface area contributed by atoms with Gasteiger partial charge in [-0.15, -0.1) is 6.58 Å². The van der Waals surface area contributed by atoms with Crippen LogP contribution in [0.4, 0.5) is 10.1 Å². The highest BCUT2D eigenvalue weighted by molar-refractivity contribution is 8.00. The molecule has 30 heavy (non-hydrogen) atoms. The first-order valence-electron chi connectivity index (χ1n) is 9.96. The summed E-state index contributed by atoms with van der Waals surface area (Å²) in [6, 6.07) is 6.17. The van der Waals surface area contributed by atoms with E-state index in [0.717, 1.165) is 48.8 Å². The third kappa shape index (κ3) is 4.95. The Labute approximate surface area is 181 Å². The van der Waals surface area contributed by atoms with Gasteiger partial charge in [0.2, 0.25) is 0 Å². The number of benzene rings is 1. The molecule has 1 fully saturated rings. The van der Waals surface area contributed by atoms with E-state index in [1.165, 1.54) is 17.7 Å². The van der Waals surface area contributed by atoms with E-state index in [4.69, 9.17) is 16.6 Å². The van der Waals surface area contributed by atoms with Crippen LogP contribution in [0.5, 0.6) is 0 Å². The Morgan fingerprint density at radius 1 is 1.40 bits per heavy atom. The Bertz CT molecular complexity index is 889. The van der Waals surface area contributed by atoms with Crippen LogP contribution in [-0.2, 0) is 0 Å². The van der Waals surface area contributed by atoms with Crippen molar-refractivity contribution < 1.29 is 4.39 Å². The summed E-state index contributed by atoms with van der Waals surface area (Å²) in [5.41, 5.74) is 12.2. The Balaban J connectivity index is 1.87. The molecule has 1 aromatic rings. The van der Waals surface area contributed by atoms with Crippen LogP contribution < -0.4 is 22.3 Å². The van der Waals surface area contributed by atoms with Gasteiger partial charge in [-0.2, -0.15) is 0 Å². The van der Waals surface area contributed by atoms with Gasteiger partial charge in [-0.3, -0.25) is 5.84 Å². The maximum atomic E-state index is 13.2. The zero-order chi connectivity index (χ0) is 21.6. The van der Waals surface area contributed by atoms with Crippen LogP contribution in [0.2, 0.25) is 0 Å². The molecule has 1 aliphatic heterocycles. The van der Waals surface area contributed by atoms with Gasteiger partial charge in [0, 0.05) is 31.2 Å². The normalized spacial score (nSPS) is 25.0. The fourth-order valence-electron chi connectivity index (χ4n) is 3.81. The van der Waals surface area contributed by atoms with E-state index in [1.807, 2.05) is 6.08 Å². The number of piperidine rings is 1. The molecule has 0 spiro atoms. The number of nitrogens with one attached hydrogen (secondary N) is 2. The van der Waals surface area contributed by atoms with E-state index >= 15 is 0 Å². The largest absolute Gasteiger partial charge is 0.404 e. The SMILES string of the molecule is C=CC12CC(=CN)C(=Nc3ccc(F)cc3)C=C1CCN(S/C(=C/NN)NCC)C2. The first kappa shape index (κ1) is 22.1. The Morgan fingerprint density at radius 2 is 2.17 bits per heavy atom. The van der Waals surface area contributed by atoms with Crippen molar-refractivity contribution in [2.24, 2.45) is 22.0 Å². The van der Waals surface area contributed by atoms with Crippen LogP contribution in [0, 0.1) is 11.2 Å². The minimum Gasteiger partial charge on any atom is -0.404 e. The second-order valence-electron chi connectivity index (χ2n) is 7.28. The molecule has 3 rings (SSSR count). The van der Waals surface area contributed by atoms with Crippen LogP contribution in [0.1, 0.15) is 19.8 Å². The smallest absolute Gasteiger partial charge is 0.123 e. The molecule has 2 aliphatic rings. The second-order valence-corrected chi connectivity index (χ2v) is 8.42. The Morgan fingerprint density at radius 3 is 2.80 bits per heavy atom. The molecule has 1 aromatic carbocycles. The number of halogens is 1. The number of allylic oxidation sites excluding steroid dienone is 2. The van der Waals surface area contributed by atoms with Gasteiger partial charge < -0.3 is 16.5 Å². The first-order chi connectivity index (χ1) is 14.5. The molecular weight excluding hydrogens is 399 g/mol. The van der Waals surface area contributed by atoms with Crippen molar-refractivity contribution in [1.82, 2.24) is 15.0 Å². The lowest BCUT2D eigenvalue weighted by Crippen LogP contribution is -2.43. The highest BCUT2D eigenvalue weighted by atomic mass is 32.2. The number of fused-ring (bicyclic) bond motifs is 1. The standard InChI is InChI=1S/C22H29FN6S/c1-3-22-12-16(13-24)20(28-19-7-5-18(23)6-8-19)11-17(22)9-10-29(15-22)30-21(14-27-25)26-4-2/h3,5-8,11,13-14,26-27H,1,4,9-10,12,15,24-25H2,2H3/b16-13?,21-14+,28-20?. The van der Waals surface area contributed by atoms with E-state index in [2.05, 4.69) is 34.6 Å². The van der Waals surface area contributed by atoms with Crippen molar-refractivity contribution in [3.05, 3.63) is 77.4 Å². The predicted molar refractivity (Wildman–Crippen MR) is 124 cm³/mol. The fraction of sp³-hybridized carbons (Fsp3) is 0.318. The van der Waals surface area contributed by atoms with Gasteiger partial charge in [0.15, 0.2) is 0 Å². The number of hydrazine groups is 1. The highest BCUT2D eigenvalue weighted by Crippen LogP contribution is 2.47. The summed E-state index contributed by atoms with van der Waals surface area (Å²) < 4.78 is 15.5. The molecule has 0 saturated carbocycles. The molecule has 160 valence electrons. The average molecular weight is 429 g/mol. The molecule has 0 bridgehead atoms. The van der Waals surface area contributed by atoms with Crippen LogP contribution in [0.25, 0.3) is 0 Å². The number of hydrogen-bond donors (Lipinski definition) is 4. The minimum absolute atomic E-state index is 0.203. The lowest BCUT2D eigenvalue weighted by molar-refractivity contribution is 0.279. The predicted octanol–water partition coefficient (Wildman–Crippen LogP) is 3.47. The summed E-state index contributed by atoms with van der Waals surface area (Å²) in [7, 11) is 0. The molecule has 6 N–H and O–H groups in total. The molecule has 0 aromatic heterocycles. The molecular formula is C22H29FN6S. The van der Waals surface area contributed by atoms with Crippen molar-refractivity contribution >= 4 is 23.3 Å². The van der Waals surface area contributed by atoms with Gasteiger partial charge in [-0.1, -0.05) is 11.6 Å². The highest BCUT2D eigenvalue weighted by Gasteiger charge is 2.41. The van der Waals surface area contributed by atoms with Gasteiger partial charge in [0.25, 0.3) is 0 Å². The van der Waals surface area contributed by atoms with Gasteiger partial charge in [-0.05, 0) is 73.8 Å². The Hall–Kier alpha value is -2.55. The zero-order valence-corrected chi connectivity index (χ0v) is 18.0.